The van der Waals surface area contributed by atoms with E-state index >= 15 is 0 Å². The second-order valence-corrected chi connectivity index (χ2v) is 6.29. The van der Waals surface area contributed by atoms with Crippen molar-refractivity contribution < 1.29 is 0 Å². The highest BCUT2D eigenvalue weighted by Gasteiger charge is 2.26. The smallest absolute Gasteiger partial charge is 0.0658 e. The standard InChI is InChI=1S/C13H18Br2N2/c1-3-10-8-17(9(2)7-16-10)13-11(14)5-4-6-12(13)15/h4-6,9-10,16H,3,7-8H2,1-2H3. The number of hydrogen-bond acceptors (Lipinski definition) is 2. The Bertz CT molecular complexity index is 375. The maximum Gasteiger partial charge on any atom is 0.0658 e. The molecule has 0 spiro atoms. The maximum atomic E-state index is 3.66. The van der Waals surface area contributed by atoms with Gasteiger partial charge in [0.05, 0.1) is 5.69 Å². The molecule has 1 saturated heterocycles. The van der Waals surface area contributed by atoms with Gasteiger partial charge in [0.2, 0.25) is 0 Å². The number of piperazine rings is 1. The molecule has 1 aromatic carbocycles. The SMILES string of the molecule is CCC1CN(c2c(Br)cccc2Br)C(C)CN1. The molecule has 1 aliphatic rings. The number of nitrogens with one attached hydrogen (secondary N) is 1. The van der Waals surface area contributed by atoms with Gasteiger partial charge in [-0.2, -0.15) is 0 Å². The van der Waals surface area contributed by atoms with Gasteiger partial charge in [-0.1, -0.05) is 13.0 Å². The van der Waals surface area contributed by atoms with Crippen molar-refractivity contribution in [2.45, 2.75) is 32.4 Å². The Hall–Kier alpha value is -0.0600. The van der Waals surface area contributed by atoms with Crippen LogP contribution >= 0.6 is 31.9 Å². The van der Waals surface area contributed by atoms with Crippen LogP contribution in [0.2, 0.25) is 0 Å². The van der Waals surface area contributed by atoms with Crippen molar-refractivity contribution in [2.75, 3.05) is 18.0 Å². The zero-order valence-corrected chi connectivity index (χ0v) is 13.4. The van der Waals surface area contributed by atoms with Crippen LogP contribution in [0.5, 0.6) is 0 Å². The van der Waals surface area contributed by atoms with E-state index in [1.807, 2.05) is 0 Å². The molecule has 0 bridgehead atoms. The number of halogens is 2. The van der Waals surface area contributed by atoms with Crippen LogP contribution in [0.25, 0.3) is 0 Å². The fourth-order valence-corrected chi connectivity index (χ4v) is 3.73. The first kappa shape index (κ1) is 13.4. The average Bonchev–Trinajstić information content (AvgIpc) is 2.31. The maximum absolute atomic E-state index is 3.66. The van der Waals surface area contributed by atoms with Gasteiger partial charge in [-0.3, -0.25) is 0 Å². The molecule has 0 aliphatic carbocycles. The number of para-hydroxylation sites is 1. The lowest BCUT2D eigenvalue weighted by atomic mass is 10.1. The lowest BCUT2D eigenvalue weighted by molar-refractivity contribution is 0.397. The molecule has 17 heavy (non-hydrogen) atoms. The highest BCUT2D eigenvalue weighted by atomic mass is 79.9. The summed E-state index contributed by atoms with van der Waals surface area (Å²) in [4.78, 5) is 2.48. The number of benzene rings is 1. The molecular weight excluding hydrogens is 344 g/mol. The van der Waals surface area contributed by atoms with Gasteiger partial charge in [0, 0.05) is 34.1 Å². The molecule has 0 amide bonds. The van der Waals surface area contributed by atoms with Crippen LogP contribution in [0.15, 0.2) is 27.1 Å². The molecule has 1 aliphatic heterocycles. The molecule has 2 atom stereocenters. The molecule has 1 heterocycles. The molecule has 1 fully saturated rings. The second-order valence-electron chi connectivity index (χ2n) is 4.59. The van der Waals surface area contributed by atoms with E-state index in [1.165, 1.54) is 12.1 Å². The topological polar surface area (TPSA) is 15.3 Å². The van der Waals surface area contributed by atoms with E-state index in [0.29, 0.717) is 12.1 Å². The van der Waals surface area contributed by atoms with Crippen molar-refractivity contribution >= 4 is 37.5 Å². The number of hydrogen-bond donors (Lipinski definition) is 1. The van der Waals surface area contributed by atoms with Crippen molar-refractivity contribution in [3.63, 3.8) is 0 Å². The Kier molecular flexibility index (Phi) is 4.50. The zero-order valence-electron chi connectivity index (χ0n) is 10.2. The van der Waals surface area contributed by atoms with E-state index < -0.39 is 0 Å². The van der Waals surface area contributed by atoms with Crippen LogP contribution in [0.1, 0.15) is 20.3 Å². The summed E-state index contributed by atoms with van der Waals surface area (Å²) in [5.74, 6) is 0. The molecule has 0 saturated carbocycles. The summed E-state index contributed by atoms with van der Waals surface area (Å²) < 4.78 is 2.32. The van der Waals surface area contributed by atoms with Crippen molar-refractivity contribution in [1.82, 2.24) is 5.32 Å². The summed E-state index contributed by atoms with van der Waals surface area (Å²) in [6, 6.07) is 7.38. The minimum atomic E-state index is 0.521. The van der Waals surface area contributed by atoms with Gasteiger partial charge in [-0.15, -0.1) is 0 Å². The molecule has 0 aromatic heterocycles. The lowest BCUT2D eigenvalue weighted by Gasteiger charge is -2.41. The second kappa shape index (κ2) is 5.72. The first-order valence-electron chi connectivity index (χ1n) is 6.07. The summed E-state index contributed by atoms with van der Waals surface area (Å²) in [6.07, 6.45) is 1.17. The Morgan fingerprint density at radius 2 is 2.00 bits per heavy atom. The van der Waals surface area contributed by atoms with Gasteiger partial charge < -0.3 is 10.2 Å². The number of nitrogens with zero attached hydrogens (tertiary/aromatic N) is 1. The van der Waals surface area contributed by atoms with E-state index in [2.05, 4.69) is 74.1 Å². The summed E-state index contributed by atoms with van der Waals surface area (Å²) in [6.45, 7) is 6.62. The van der Waals surface area contributed by atoms with Crippen molar-refractivity contribution in [3.05, 3.63) is 27.1 Å². The zero-order chi connectivity index (χ0) is 12.4. The molecular formula is C13H18Br2N2. The van der Waals surface area contributed by atoms with E-state index in [1.54, 1.807) is 0 Å². The Balaban J connectivity index is 2.30. The molecule has 94 valence electrons. The van der Waals surface area contributed by atoms with Gasteiger partial charge in [0.1, 0.15) is 0 Å². The summed E-state index contributed by atoms with van der Waals surface area (Å²) in [7, 11) is 0. The number of rotatable bonds is 2. The Morgan fingerprint density at radius 3 is 2.59 bits per heavy atom. The fraction of sp³-hybridized carbons (Fsp3) is 0.538. The predicted octanol–water partition coefficient (Wildman–Crippen LogP) is 3.79. The minimum Gasteiger partial charge on any atom is -0.364 e. The summed E-state index contributed by atoms with van der Waals surface area (Å²) in [5.41, 5.74) is 1.28. The van der Waals surface area contributed by atoms with Crippen LogP contribution in [0.3, 0.4) is 0 Å². The lowest BCUT2D eigenvalue weighted by Crippen LogP contribution is -2.55. The summed E-state index contributed by atoms with van der Waals surface area (Å²) >= 11 is 7.32. The minimum absolute atomic E-state index is 0.521. The third kappa shape index (κ3) is 2.85. The van der Waals surface area contributed by atoms with Gasteiger partial charge >= 0.3 is 0 Å². The number of anilines is 1. The van der Waals surface area contributed by atoms with E-state index in [4.69, 9.17) is 0 Å². The fourth-order valence-electron chi connectivity index (χ4n) is 2.28. The quantitative estimate of drug-likeness (QED) is 0.862. The van der Waals surface area contributed by atoms with Gasteiger partial charge in [0.15, 0.2) is 0 Å². The molecule has 4 heteroatoms. The molecule has 2 unspecified atom stereocenters. The largest absolute Gasteiger partial charge is 0.364 e. The van der Waals surface area contributed by atoms with Gasteiger partial charge in [-0.25, -0.2) is 0 Å². The highest BCUT2D eigenvalue weighted by Crippen LogP contribution is 2.36. The first-order chi connectivity index (χ1) is 8.13. The van der Waals surface area contributed by atoms with Gasteiger partial charge in [-0.05, 0) is 57.3 Å². The van der Waals surface area contributed by atoms with Crippen LogP contribution in [-0.2, 0) is 0 Å². The normalized spacial score (nSPS) is 25.1. The highest BCUT2D eigenvalue weighted by molar-refractivity contribution is 9.11. The van der Waals surface area contributed by atoms with Crippen molar-refractivity contribution in [1.29, 1.82) is 0 Å². The monoisotopic (exact) mass is 360 g/mol. The third-order valence-electron chi connectivity index (χ3n) is 3.37. The molecule has 2 nitrogen and oxygen atoms in total. The van der Waals surface area contributed by atoms with Crippen LogP contribution in [0.4, 0.5) is 5.69 Å². The molecule has 1 N–H and O–H groups in total. The van der Waals surface area contributed by atoms with Crippen LogP contribution in [-0.4, -0.2) is 25.2 Å². The van der Waals surface area contributed by atoms with Crippen LogP contribution < -0.4 is 10.2 Å². The average molecular weight is 362 g/mol. The first-order valence-corrected chi connectivity index (χ1v) is 7.66. The predicted molar refractivity (Wildman–Crippen MR) is 80.7 cm³/mol. The van der Waals surface area contributed by atoms with Crippen LogP contribution in [0, 0.1) is 0 Å². The Morgan fingerprint density at radius 1 is 1.35 bits per heavy atom. The molecule has 1 aromatic rings. The molecule has 0 radical (unpaired) electrons. The van der Waals surface area contributed by atoms with E-state index in [-0.39, 0.29) is 0 Å². The Labute approximate surface area is 120 Å². The van der Waals surface area contributed by atoms with E-state index in [9.17, 15) is 0 Å². The van der Waals surface area contributed by atoms with Crippen molar-refractivity contribution in [3.8, 4) is 0 Å². The van der Waals surface area contributed by atoms with Crippen molar-refractivity contribution in [2.24, 2.45) is 0 Å². The third-order valence-corrected chi connectivity index (χ3v) is 4.65. The van der Waals surface area contributed by atoms with Gasteiger partial charge in [0.25, 0.3) is 0 Å². The van der Waals surface area contributed by atoms with E-state index in [0.717, 1.165) is 22.0 Å². The summed E-state index contributed by atoms with van der Waals surface area (Å²) in [5, 5.41) is 3.58. The molecule has 2 rings (SSSR count).